The molecule has 31 heavy (non-hydrogen) atoms. The molecule has 0 unspecified atom stereocenters. The molecule has 0 saturated carbocycles. The Balaban J connectivity index is 1.93. The minimum atomic E-state index is -0.592. The first-order valence-electron chi connectivity index (χ1n) is 9.72. The summed E-state index contributed by atoms with van der Waals surface area (Å²) in [5.74, 6) is -1.29. The Morgan fingerprint density at radius 1 is 1.03 bits per heavy atom. The second-order valence-electron chi connectivity index (χ2n) is 7.04. The van der Waals surface area contributed by atoms with Gasteiger partial charge in [0.1, 0.15) is 5.69 Å². The van der Waals surface area contributed by atoms with Crippen LogP contribution in [0.25, 0.3) is 21.7 Å². The van der Waals surface area contributed by atoms with E-state index in [4.69, 9.17) is 16.3 Å². The van der Waals surface area contributed by atoms with Gasteiger partial charge in [-0.1, -0.05) is 48.0 Å². The summed E-state index contributed by atoms with van der Waals surface area (Å²) < 4.78 is 5.14. The molecule has 1 heterocycles. The number of nitrogens with one attached hydrogen (secondary N) is 2. The summed E-state index contributed by atoms with van der Waals surface area (Å²) in [5.41, 5.74) is 1.44. The summed E-state index contributed by atoms with van der Waals surface area (Å²) in [6.07, 6.45) is 0. The molecule has 7 heteroatoms. The van der Waals surface area contributed by atoms with E-state index in [1.807, 2.05) is 30.3 Å². The smallest absolute Gasteiger partial charge is 0.338 e. The number of H-pyrrole nitrogens is 1. The van der Waals surface area contributed by atoms with Crippen molar-refractivity contribution in [3.63, 3.8) is 0 Å². The first kappa shape index (κ1) is 20.6. The normalized spacial score (nSPS) is 10.9. The van der Waals surface area contributed by atoms with Crippen molar-refractivity contribution in [2.45, 2.75) is 13.8 Å². The van der Waals surface area contributed by atoms with E-state index >= 15 is 0 Å². The third-order valence-corrected chi connectivity index (χ3v) is 5.12. The number of carbonyl (C=O) groups excluding carboxylic acids is 3. The molecule has 1 aromatic heterocycles. The minimum absolute atomic E-state index is 0.160. The number of anilines is 1. The standard InChI is InChI=1S/C24H19ClN2O4/c1-3-31-24(30)18-11-17(25)12-19-20(18)21(26-13(2)28)22(27-19)23(29)16-9-8-14-6-4-5-7-15(14)10-16/h4-12,27H,3H2,1-2H3,(H,26,28). The number of amides is 1. The van der Waals surface area contributed by atoms with Gasteiger partial charge < -0.3 is 15.0 Å². The van der Waals surface area contributed by atoms with Crippen molar-refractivity contribution < 1.29 is 19.1 Å². The van der Waals surface area contributed by atoms with E-state index in [0.29, 0.717) is 21.5 Å². The maximum atomic E-state index is 13.4. The summed E-state index contributed by atoms with van der Waals surface area (Å²) in [7, 11) is 0. The second kappa shape index (κ2) is 8.24. The molecule has 4 rings (SSSR count). The zero-order chi connectivity index (χ0) is 22.1. The number of esters is 1. The first-order valence-corrected chi connectivity index (χ1v) is 10.1. The zero-order valence-electron chi connectivity index (χ0n) is 16.9. The van der Waals surface area contributed by atoms with E-state index < -0.39 is 5.97 Å². The number of ether oxygens (including phenoxy) is 1. The van der Waals surface area contributed by atoms with E-state index in [1.165, 1.54) is 13.0 Å². The largest absolute Gasteiger partial charge is 0.462 e. The molecule has 2 N–H and O–H groups in total. The van der Waals surface area contributed by atoms with Gasteiger partial charge in [-0.05, 0) is 35.9 Å². The molecule has 0 spiro atoms. The molecule has 3 aromatic carbocycles. The van der Waals surface area contributed by atoms with Gasteiger partial charge in [-0.3, -0.25) is 9.59 Å². The molecule has 156 valence electrons. The Morgan fingerprint density at radius 3 is 2.48 bits per heavy atom. The number of aromatic amines is 1. The van der Waals surface area contributed by atoms with E-state index in [1.54, 1.807) is 25.1 Å². The molecule has 0 aliphatic rings. The molecular formula is C24H19ClN2O4. The van der Waals surface area contributed by atoms with Crippen molar-refractivity contribution in [3.8, 4) is 0 Å². The van der Waals surface area contributed by atoms with Crippen LogP contribution >= 0.6 is 11.6 Å². The van der Waals surface area contributed by atoms with E-state index in [9.17, 15) is 14.4 Å². The zero-order valence-corrected chi connectivity index (χ0v) is 17.7. The lowest BCUT2D eigenvalue weighted by Crippen LogP contribution is -2.12. The number of hydrogen-bond donors (Lipinski definition) is 2. The fourth-order valence-corrected chi connectivity index (χ4v) is 3.83. The molecule has 1 amide bonds. The Hall–Kier alpha value is -3.64. The van der Waals surface area contributed by atoms with Gasteiger partial charge >= 0.3 is 5.97 Å². The van der Waals surface area contributed by atoms with Gasteiger partial charge in [-0.2, -0.15) is 0 Å². The van der Waals surface area contributed by atoms with Crippen molar-refractivity contribution in [2.24, 2.45) is 0 Å². The summed E-state index contributed by atoms with van der Waals surface area (Å²) in [6.45, 7) is 3.21. The summed E-state index contributed by atoms with van der Waals surface area (Å²) in [6, 6.07) is 16.2. The predicted octanol–water partition coefficient (Wildman–Crippen LogP) is 5.34. The van der Waals surface area contributed by atoms with E-state index in [0.717, 1.165) is 10.8 Å². The van der Waals surface area contributed by atoms with E-state index in [-0.39, 0.29) is 35.2 Å². The lowest BCUT2D eigenvalue weighted by molar-refractivity contribution is -0.114. The number of rotatable bonds is 5. The van der Waals surface area contributed by atoms with Gasteiger partial charge in [0, 0.05) is 22.9 Å². The van der Waals surface area contributed by atoms with Crippen LogP contribution in [0.2, 0.25) is 5.02 Å². The summed E-state index contributed by atoms with van der Waals surface area (Å²) in [5, 5.41) is 5.30. The third kappa shape index (κ3) is 3.90. The van der Waals surface area contributed by atoms with Crippen LogP contribution in [0, 0.1) is 0 Å². The number of fused-ring (bicyclic) bond motifs is 2. The molecule has 0 atom stereocenters. The van der Waals surface area contributed by atoms with Crippen LogP contribution in [0.4, 0.5) is 5.69 Å². The van der Waals surface area contributed by atoms with Crippen molar-refractivity contribution >= 4 is 56.6 Å². The number of ketones is 1. The highest BCUT2D eigenvalue weighted by atomic mass is 35.5. The van der Waals surface area contributed by atoms with Gasteiger partial charge in [0.15, 0.2) is 0 Å². The molecule has 6 nitrogen and oxygen atoms in total. The topological polar surface area (TPSA) is 88.3 Å². The lowest BCUT2D eigenvalue weighted by Gasteiger charge is -2.09. The van der Waals surface area contributed by atoms with Crippen LogP contribution in [0.15, 0.2) is 54.6 Å². The number of halogens is 1. The highest BCUT2D eigenvalue weighted by Crippen LogP contribution is 2.35. The fourth-order valence-electron chi connectivity index (χ4n) is 3.61. The predicted molar refractivity (Wildman–Crippen MR) is 121 cm³/mol. The average molecular weight is 435 g/mol. The van der Waals surface area contributed by atoms with E-state index in [2.05, 4.69) is 10.3 Å². The van der Waals surface area contributed by atoms with Gasteiger partial charge in [-0.25, -0.2) is 4.79 Å². The SMILES string of the molecule is CCOC(=O)c1cc(Cl)cc2[nH]c(C(=O)c3ccc4ccccc4c3)c(NC(C)=O)c12. The number of aromatic nitrogens is 1. The molecule has 0 radical (unpaired) electrons. The first-order chi connectivity index (χ1) is 14.9. The molecule has 0 saturated heterocycles. The maximum absolute atomic E-state index is 13.4. The highest BCUT2D eigenvalue weighted by molar-refractivity contribution is 6.33. The quantitative estimate of drug-likeness (QED) is 0.328. The molecule has 0 aliphatic heterocycles. The minimum Gasteiger partial charge on any atom is -0.462 e. The summed E-state index contributed by atoms with van der Waals surface area (Å²) in [4.78, 5) is 40.9. The van der Waals surface area contributed by atoms with Crippen molar-refractivity contribution in [1.29, 1.82) is 0 Å². The molecule has 0 bridgehead atoms. The van der Waals surface area contributed by atoms with Gasteiger partial charge in [0.05, 0.1) is 23.4 Å². The number of benzene rings is 3. The Morgan fingerprint density at radius 2 is 1.77 bits per heavy atom. The van der Waals surface area contributed by atoms with Crippen molar-refractivity contribution in [1.82, 2.24) is 4.98 Å². The van der Waals surface area contributed by atoms with Gasteiger partial charge in [0.25, 0.3) is 0 Å². The van der Waals surface area contributed by atoms with Crippen LogP contribution in [0.1, 0.15) is 40.3 Å². The Labute approximate surface area is 183 Å². The lowest BCUT2D eigenvalue weighted by atomic mass is 10.0. The molecule has 4 aromatic rings. The Bertz CT molecular complexity index is 1360. The number of carbonyl (C=O) groups is 3. The number of hydrogen-bond acceptors (Lipinski definition) is 4. The molecule has 0 fully saturated rings. The third-order valence-electron chi connectivity index (χ3n) is 4.90. The Kier molecular flexibility index (Phi) is 5.48. The van der Waals surface area contributed by atoms with Gasteiger partial charge in [0.2, 0.25) is 11.7 Å². The van der Waals surface area contributed by atoms with Crippen molar-refractivity contribution in [2.75, 3.05) is 11.9 Å². The second-order valence-corrected chi connectivity index (χ2v) is 7.48. The maximum Gasteiger partial charge on any atom is 0.338 e. The molecular weight excluding hydrogens is 416 g/mol. The van der Waals surface area contributed by atoms with Crippen LogP contribution < -0.4 is 5.32 Å². The average Bonchev–Trinajstić information content (AvgIpc) is 3.09. The van der Waals surface area contributed by atoms with Crippen LogP contribution in [0.5, 0.6) is 0 Å². The van der Waals surface area contributed by atoms with Crippen LogP contribution in [-0.4, -0.2) is 29.3 Å². The van der Waals surface area contributed by atoms with Crippen molar-refractivity contribution in [3.05, 3.63) is 76.4 Å². The van der Waals surface area contributed by atoms with Crippen LogP contribution in [0.3, 0.4) is 0 Å². The monoisotopic (exact) mass is 434 g/mol. The summed E-state index contributed by atoms with van der Waals surface area (Å²) >= 11 is 6.20. The molecule has 0 aliphatic carbocycles. The van der Waals surface area contributed by atoms with Gasteiger partial charge in [-0.15, -0.1) is 0 Å². The fraction of sp³-hybridized carbons (Fsp3) is 0.125. The highest BCUT2D eigenvalue weighted by Gasteiger charge is 2.25. The van der Waals surface area contributed by atoms with Crippen LogP contribution in [-0.2, 0) is 9.53 Å².